The maximum atomic E-state index is 12.2. The SMILES string of the molecule is O=C(NC1(C(=O)O)CCSC1)c1ncc(Cl)c(Cl)c1Cl. The van der Waals surface area contributed by atoms with Crippen LogP contribution in [0.5, 0.6) is 0 Å². The zero-order chi connectivity index (χ0) is 14.9. The van der Waals surface area contributed by atoms with E-state index in [1.165, 1.54) is 18.0 Å². The predicted octanol–water partition coefficient (Wildman–Crippen LogP) is 2.73. The summed E-state index contributed by atoms with van der Waals surface area (Å²) in [6.07, 6.45) is 1.54. The van der Waals surface area contributed by atoms with Crippen molar-refractivity contribution in [2.75, 3.05) is 11.5 Å². The van der Waals surface area contributed by atoms with Crippen LogP contribution in [-0.4, -0.2) is 39.0 Å². The van der Waals surface area contributed by atoms with Crippen LogP contribution in [0.4, 0.5) is 0 Å². The maximum Gasteiger partial charge on any atom is 0.330 e. The van der Waals surface area contributed by atoms with Gasteiger partial charge in [0.2, 0.25) is 0 Å². The molecular weight excluding hydrogens is 347 g/mol. The second-order valence-corrected chi connectivity index (χ2v) is 6.49. The standard InChI is InChI=1S/C11H9Cl3N2O3S/c12-5-3-15-8(7(14)6(5)13)9(17)16-11(10(18)19)1-2-20-4-11/h3H,1-2,4H2,(H,16,17)(H,18,19). The first-order valence-electron chi connectivity index (χ1n) is 5.50. The van der Waals surface area contributed by atoms with Gasteiger partial charge in [-0.2, -0.15) is 11.8 Å². The molecule has 2 N–H and O–H groups in total. The molecule has 1 unspecified atom stereocenters. The maximum absolute atomic E-state index is 12.2. The Balaban J connectivity index is 2.28. The van der Waals surface area contributed by atoms with Gasteiger partial charge in [0.05, 0.1) is 15.1 Å². The molecule has 0 aromatic carbocycles. The van der Waals surface area contributed by atoms with Gasteiger partial charge in [-0.25, -0.2) is 9.78 Å². The quantitative estimate of drug-likeness (QED) is 0.871. The molecule has 9 heteroatoms. The average molecular weight is 356 g/mol. The summed E-state index contributed by atoms with van der Waals surface area (Å²) in [5.74, 6) is -0.798. The van der Waals surface area contributed by atoms with Crippen molar-refractivity contribution in [3.63, 3.8) is 0 Å². The molecule has 108 valence electrons. The van der Waals surface area contributed by atoms with E-state index in [-0.39, 0.29) is 20.8 Å². The summed E-state index contributed by atoms with van der Waals surface area (Å²) in [4.78, 5) is 27.3. The minimum atomic E-state index is -1.29. The number of aliphatic carboxylic acids is 1. The molecule has 5 nitrogen and oxygen atoms in total. The number of thioether (sulfide) groups is 1. The number of carboxylic acid groups (broad SMARTS) is 1. The number of rotatable bonds is 3. The minimum Gasteiger partial charge on any atom is -0.479 e. The Kier molecular flexibility index (Phi) is 4.69. The molecule has 1 aromatic heterocycles. The van der Waals surface area contributed by atoms with E-state index < -0.39 is 17.4 Å². The molecule has 1 aliphatic rings. The Bertz CT molecular complexity index is 576. The molecule has 0 bridgehead atoms. The number of aromatic nitrogens is 1. The number of nitrogens with one attached hydrogen (secondary N) is 1. The van der Waals surface area contributed by atoms with Gasteiger partial charge in [-0.3, -0.25) is 4.79 Å². The molecular formula is C11H9Cl3N2O3S. The molecule has 2 rings (SSSR count). The predicted molar refractivity (Wildman–Crippen MR) is 79.0 cm³/mol. The number of carbonyl (C=O) groups is 2. The molecule has 1 saturated heterocycles. The Morgan fingerprint density at radius 1 is 1.35 bits per heavy atom. The van der Waals surface area contributed by atoms with Gasteiger partial charge in [-0.15, -0.1) is 0 Å². The van der Waals surface area contributed by atoms with E-state index in [9.17, 15) is 14.7 Å². The van der Waals surface area contributed by atoms with Crippen LogP contribution >= 0.6 is 46.6 Å². The average Bonchev–Trinajstić information content (AvgIpc) is 2.86. The third-order valence-corrected chi connectivity index (χ3v) is 5.35. The highest BCUT2D eigenvalue weighted by Gasteiger charge is 2.43. The van der Waals surface area contributed by atoms with E-state index >= 15 is 0 Å². The van der Waals surface area contributed by atoms with Gasteiger partial charge in [0.25, 0.3) is 5.91 Å². The van der Waals surface area contributed by atoms with Crippen molar-refractivity contribution in [1.29, 1.82) is 0 Å². The number of hydrogen-bond donors (Lipinski definition) is 2. The van der Waals surface area contributed by atoms with Crippen molar-refractivity contribution in [3.05, 3.63) is 27.0 Å². The third kappa shape index (κ3) is 2.83. The first-order valence-corrected chi connectivity index (χ1v) is 7.79. The summed E-state index contributed by atoms with van der Waals surface area (Å²) in [6.45, 7) is 0. The van der Waals surface area contributed by atoms with Gasteiger partial charge < -0.3 is 10.4 Å². The van der Waals surface area contributed by atoms with Gasteiger partial charge in [0, 0.05) is 11.9 Å². The molecule has 0 radical (unpaired) electrons. The fraction of sp³-hybridized carbons (Fsp3) is 0.364. The third-order valence-electron chi connectivity index (χ3n) is 2.92. The number of hydrogen-bond acceptors (Lipinski definition) is 4. The number of nitrogens with zero attached hydrogens (tertiary/aromatic N) is 1. The Labute approximate surface area is 134 Å². The normalized spacial score (nSPS) is 21.8. The molecule has 1 aromatic rings. The first kappa shape index (κ1) is 15.7. The van der Waals surface area contributed by atoms with Crippen LogP contribution in [-0.2, 0) is 4.79 Å². The van der Waals surface area contributed by atoms with E-state index in [1.54, 1.807) is 0 Å². The zero-order valence-corrected chi connectivity index (χ0v) is 13.0. The number of pyridine rings is 1. The summed E-state index contributed by atoms with van der Waals surface area (Å²) < 4.78 is 0. The van der Waals surface area contributed by atoms with Crippen LogP contribution in [0.2, 0.25) is 15.1 Å². The van der Waals surface area contributed by atoms with Crippen molar-refractivity contribution in [2.45, 2.75) is 12.0 Å². The van der Waals surface area contributed by atoms with Gasteiger partial charge in [-0.1, -0.05) is 34.8 Å². The summed E-state index contributed by atoms with van der Waals surface area (Å²) in [6, 6.07) is 0. The van der Waals surface area contributed by atoms with Crippen molar-refractivity contribution in [2.24, 2.45) is 0 Å². The molecule has 1 fully saturated rings. The highest BCUT2D eigenvalue weighted by molar-refractivity contribution is 7.99. The summed E-state index contributed by atoms with van der Waals surface area (Å²) >= 11 is 18.9. The fourth-order valence-corrected chi connectivity index (χ4v) is 3.66. The van der Waals surface area contributed by atoms with Gasteiger partial charge in [0.1, 0.15) is 11.2 Å². The zero-order valence-electron chi connectivity index (χ0n) is 9.95. The Morgan fingerprint density at radius 2 is 2.05 bits per heavy atom. The van der Waals surface area contributed by atoms with Crippen LogP contribution in [0.25, 0.3) is 0 Å². The van der Waals surface area contributed by atoms with E-state index in [0.29, 0.717) is 17.9 Å². The van der Waals surface area contributed by atoms with Crippen LogP contribution < -0.4 is 5.32 Å². The largest absolute Gasteiger partial charge is 0.479 e. The molecule has 2 heterocycles. The second kappa shape index (κ2) is 5.97. The second-order valence-electron chi connectivity index (χ2n) is 4.23. The van der Waals surface area contributed by atoms with Crippen LogP contribution in [0.3, 0.4) is 0 Å². The van der Waals surface area contributed by atoms with Crippen molar-refractivity contribution >= 4 is 58.4 Å². The number of carbonyl (C=O) groups excluding carboxylic acids is 1. The number of halogens is 3. The van der Waals surface area contributed by atoms with Crippen LogP contribution in [0.1, 0.15) is 16.9 Å². The molecule has 1 atom stereocenters. The first-order chi connectivity index (χ1) is 9.37. The number of amides is 1. The summed E-state index contributed by atoms with van der Waals surface area (Å²) in [5, 5.41) is 11.8. The van der Waals surface area contributed by atoms with Gasteiger partial charge >= 0.3 is 5.97 Å². The summed E-state index contributed by atoms with van der Waals surface area (Å²) in [7, 11) is 0. The van der Waals surface area contributed by atoms with Gasteiger partial charge in [0.15, 0.2) is 0 Å². The van der Waals surface area contributed by atoms with E-state index in [0.717, 1.165) is 0 Å². The molecule has 20 heavy (non-hydrogen) atoms. The topological polar surface area (TPSA) is 79.3 Å². The molecule has 1 amide bonds. The Morgan fingerprint density at radius 3 is 2.60 bits per heavy atom. The highest BCUT2D eigenvalue weighted by atomic mass is 35.5. The lowest BCUT2D eigenvalue weighted by molar-refractivity contribution is -0.143. The van der Waals surface area contributed by atoms with Crippen LogP contribution in [0, 0.1) is 0 Å². The lowest BCUT2D eigenvalue weighted by Gasteiger charge is -2.24. The smallest absolute Gasteiger partial charge is 0.330 e. The van der Waals surface area contributed by atoms with Crippen molar-refractivity contribution in [1.82, 2.24) is 10.3 Å². The lowest BCUT2D eigenvalue weighted by atomic mass is 9.99. The minimum absolute atomic E-state index is 0.0126. The van der Waals surface area contributed by atoms with Crippen molar-refractivity contribution in [3.8, 4) is 0 Å². The Hall–Kier alpha value is -0.690. The van der Waals surface area contributed by atoms with E-state index in [1.807, 2.05) is 0 Å². The van der Waals surface area contributed by atoms with E-state index in [2.05, 4.69) is 10.3 Å². The highest BCUT2D eigenvalue weighted by Crippen LogP contribution is 2.32. The number of carboxylic acids is 1. The fourth-order valence-electron chi connectivity index (χ4n) is 1.76. The van der Waals surface area contributed by atoms with Crippen molar-refractivity contribution < 1.29 is 14.7 Å². The lowest BCUT2D eigenvalue weighted by Crippen LogP contribution is -2.55. The van der Waals surface area contributed by atoms with E-state index in [4.69, 9.17) is 34.8 Å². The monoisotopic (exact) mass is 354 g/mol. The van der Waals surface area contributed by atoms with Gasteiger partial charge in [-0.05, 0) is 12.2 Å². The molecule has 0 spiro atoms. The molecule has 0 saturated carbocycles. The van der Waals surface area contributed by atoms with Crippen LogP contribution in [0.15, 0.2) is 6.20 Å². The molecule has 0 aliphatic carbocycles. The molecule has 1 aliphatic heterocycles. The summed E-state index contributed by atoms with van der Waals surface area (Å²) in [5.41, 5.74) is -1.43.